The molecule has 1 amide bonds. The summed E-state index contributed by atoms with van der Waals surface area (Å²) in [6.07, 6.45) is 1.33. The minimum Gasteiger partial charge on any atom is -0.403 e. The molecule has 0 aliphatic heterocycles. The van der Waals surface area contributed by atoms with Gasteiger partial charge in [-0.2, -0.15) is 0 Å². The van der Waals surface area contributed by atoms with Crippen molar-refractivity contribution in [2.24, 2.45) is 10.9 Å². The Kier molecular flexibility index (Phi) is 4.18. The molecule has 0 saturated heterocycles. The summed E-state index contributed by atoms with van der Waals surface area (Å²) in [5.74, 6) is -0.584. The molecule has 0 aliphatic rings. The first kappa shape index (κ1) is 13.9. The lowest BCUT2D eigenvalue weighted by Gasteiger charge is -2.04. The smallest absolute Gasteiger partial charge is 0.255 e. The van der Waals surface area contributed by atoms with Crippen molar-refractivity contribution in [2.75, 3.05) is 0 Å². The minimum absolute atomic E-state index is 0.0875. The average Bonchev–Trinajstić information content (AvgIpc) is 2.34. The quantitative estimate of drug-likeness (QED) is 0.479. The second-order valence-corrected chi connectivity index (χ2v) is 4.82. The molecule has 1 aromatic carbocycles. The van der Waals surface area contributed by atoms with E-state index in [9.17, 15) is 18.0 Å². The van der Waals surface area contributed by atoms with Crippen LogP contribution in [-0.2, 0) is 14.8 Å². The number of hydrogen-bond donors (Lipinski definition) is 3. The third kappa shape index (κ3) is 3.40. The van der Waals surface area contributed by atoms with E-state index in [1.165, 1.54) is 24.3 Å². The second-order valence-electron chi connectivity index (χ2n) is 3.26. The maximum Gasteiger partial charge on any atom is 0.255 e. The van der Waals surface area contributed by atoms with Crippen molar-refractivity contribution in [2.45, 2.75) is 4.90 Å². The molecule has 0 saturated carbocycles. The van der Waals surface area contributed by atoms with Gasteiger partial charge in [0.1, 0.15) is 0 Å². The Balaban J connectivity index is 2.93. The normalized spacial score (nSPS) is 11.9. The lowest BCUT2D eigenvalue weighted by Crippen LogP contribution is -2.24. The van der Waals surface area contributed by atoms with Crippen molar-refractivity contribution in [3.8, 4) is 0 Å². The summed E-state index contributed by atoms with van der Waals surface area (Å²) in [6, 6.07) is 4.93. The highest BCUT2D eigenvalue weighted by atomic mass is 32.2. The first-order chi connectivity index (χ1) is 8.38. The molecule has 0 atom stereocenters. The van der Waals surface area contributed by atoms with Crippen LogP contribution < -0.4 is 16.2 Å². The van der Waals surface area contributed by atoms with E-state index in [1.807, 2.05) is 0 Å². The molecule has 0 aromatic heterocycles. The monoisotopic (exact) mass is 269 g/mol. The fourth-order valence-corrected chi connectivity index (χ4v) is 1.63. The van der Waals surface area contributed by atoms with E-state index in [-0.39, 0.29) is 16.2 Å². The molecule has 18 heavy (non-hydrogen) atoms. The average molecular weight is 269 g/mol. The lowest BCUT2D eigenvalue weighted by molar-refractivity contribution is -0.105. The number of sulfonamides is 1. The molecule has 7 nitrogen and oxygen atoms in total. The fraction of sp³-hybridized carbons (Fsp3) is 0. The molecule has 0 unspecified atom stereocenters. The Morgan fingerprint density at radius 3 is 2.17 bits per heavy atom. The maximum atomic E-state index is 11.6. The zero-order valence-corrected chi connectivity index (χ0v) is 9.98. The van der Waals surface area contributed by atoms with Crippen LogP contribution in [0, 0.1) is 0 Å². The first-order valence-corrected chi connectivity index (χ1v) is 6.24. The number of rotatable bonds is 4. The van der Waals surface area contributed by atoms with Gasteiger partial charge in [-0.1, -0.05) is 0 Å². The van der Waals surface area contributed by atoms with E-state index >= 15 is 0 Å². The van der Waals surface area contributed by atoms with Gasteiger partial charge in [0.2, 0.25) is 10.0 Å². The number of carbonyl (C=O) groups excluding carboxylic acids is 2. The highest BCUT2D eigenvalue weighted by Crippen LogP contribution is 2.08. The Bertz CT molecular complexity index is 590. The summed E-state index contributed by atoms with van der Waals surface area (Å²) in [5.41, 5.74) is 5.17. The number of nitrogens with two attached hydrogens (primary N) is 2. The molecular weight excluding hydrogens is 258 g/mol. The summed E-state index contributed by atoms with van der Waals surface area (Å²) >= 11 is 0. The Morgan fingerprint density at radius 1 is 1.22 bits per heavy atom. The van der Waals surface area contributed by atoms with Gasteiger partial charge in [-0.05, 0) is 24.3 Å². The molecule has 0 bridgehead atoms. The van der Waals surface area contributed by atoms with Crippen molar-refractivity contribution in [3.63, 3.8) is 0 Å². The van der Waals surface area contributed by atoms with Crippen molar-refractivity contribution < 1.29 is 18.0 Å². The molecule has 1 aromatic rings. The SMILES string of the molecule is N/C=C(/C=O)NC(=O)c1ccc(S(N)(=O)=O)cc1. The number of hydrogen-bond acceptors (Lipinski definition) is 5. The minimum atomic E-state index is -3.80. The molecule has 0 heterocycles. The molecule has 0 aliphatic carbocycles. The Hall–Kier alpha value is -2.19. The molecule has 0 radical (unpaired) electrons. The summed E-state index contributed by atoms with van der Waals surface area (Å²) < 4.78 is 22.0. The van der Waals surface area contributed by atoms with Gasteiger partial charge in [-0.3, -0.25) is 9.59 Å². The van der Waals surface area contributed by atoms with Crippen molar-refractivity contribution in [1.82, 2.24) is 5.32 Å². The van der Waals surface area contributed by atoms with Gasteiger partial charge < -0.3 is 11.1 Å². The van der Waals surface area contributed by atoms with Crippen LogP contribution in [0.1, 0.15) is 10.4 Å². The van der Waals surface area contributed by atoms with E-state index in [4.69, 9.17) is 10.9 Å². The van der Waals surface area contributed by atoms with E-state index in [2.05, 4.69) is 5.32 Å². The van der Waals surface area contributed by atoms with E-state index in [0.717, 1.165) is 6.20 Å². The van der Waals surface area contributed by atoms with Gasteiger partial charge in [-0.25, -0.2) is 13.6 Å². The van der Waals surface area contributed by atoms with Gasteiger partial charge in [0, 0.05) is 11.8 Å². The van der Waals surface area contributed by atoms with Gasteiger partial charge in [0.25, 0.3) is 5.91 Å². The number of amides is 1. The van der Waals surface area contributed by atoms with Crippen LogP contribution >= 0.6 is 0 Å². The topological polar surface area (TPSA) is 132 Å². The number of benzene rings is 1. The fourth-order valence-electron chi connectivity index (χ4n) is 1.11. The van der Waals surface area contributed by atoms with E-state index < -0.39 is 15.9 Å². The zero-order chi connectivity index (χ0) is 13.8. The van der Waals surface area contributed by atoms with Gasteiger partial charge in [0.15, 0.2) is 6.29 Å². The highest BCUT2D eigenvalue weighted by molar-refractivity contribution is 7.89. The number of carbonyl (C=O) groups is 2. The highest BCUT2D eigenvalue weighted by Gasteiger charge is 2.10. The zero-order valence-electron chi connectivity index (χ0n) is 9.16. The molecule has 1 rings (SSSR count). The summed E-state index contributed by atoms with van der Waals surface area (Å²) in [4.78, 5) is 21.9. The summed E-state index contributed by atoms with van der Waals surface area (Å²) in [5, 5.41) is 7.15. The molecule has 8 heteroatoms. The standard InChI is InChI=1S/C10H11N3O4S/c11-5-8(6-14)13-10(15)7-1-3-9(4-2-7)18(12,16)17/h1-6H,11H2,(H,13,15)(H2,12,16,17)/b8-5-. The van der Waals surface area contributed by atoms with Crippen LogP contribution in [0.3, 0.4) is 0 Å². The number of aldehydes is 1. The molecular formula is C10H11N3O4S. The summed E-state index contributed by atoms with van der Waals surface area (Å²) in [7, 11) is -3.80. The Labute approximate surface area is 104 Å². The third-order valence-electron chi connectivity index (χ3n) is 2.01. The summed E-state index contributed by atoms with van der Waals surface area (Å²) in [6.45, 7) is 0. The van der Waals surface area contributed by atoms with Gasteiger partial charge >= 0.3 is 0 Å². The van der Waals surface area contributed by atoms with E-state index in [1.54, 1.807) is 0 Å². The van der Waals surface area contributed by atoms with E-state index in [0.29, 0.717) is 6.29 Å². The van der Waals surface area contributed by atoms with Crippen LogP contribution in [-0.4, -0.2) is 20.6 Å². The maximum absolute atomic E-state index is 11.6. The largest absolute Gasteiger partial charge is 0.403 e. The van der Waals surface area contributed by atoms with Crippen LogP contribution in [0.4, 0.5) is 0 Å². The lowest BCUT2D eigenvalue weighted by atomic mass is 10.2. The van der Waals surface area contributed by atoms with Crippen LogP contribution in [0.15, 0.2) is 41.1 Å². The van der Waals surface area contributed by atoms with Crippen LogP contribution in [0.5, 0.6) is 0 Å². The molecule has 0 fully saturated rings. The van der Waals surface area contributed by atoms with Crippen molar-refractivity contribution in [3.05, 3.63) is 41.7 Å². The molecule has 5 N–H and O–H groups in total. The number of nitrogens with one attached hydrogen (secondary N) is 1. The number of primary sulfonamides is 1. The third-order valence-corrected chi connectivity index (χ3v) is 2.94. The Morgan fingerprint density at radius 2 is 1.78 bits per heavy atom. The number of allylic oxidation sites excluding steroid dienone is 1. The first-order valence-electron chi connectivity index (χ1n) is 4.70. The predicted molar refractivity (Wildman–Crippen MR) is 63.6 cm³/mol. The second kappa shape index (κ2) is 5.43. The molecule has 0 spiro atoms. The van der Waals surface area contributed by atoms with Crippen LogP contribution in [0.2, 0.25) is 0 Å². The van der Waals surface area contributed by atoms with Crippen LogP contribution in [0.25, 0.3) is 0 Å². The van der Waals surface area contributed by atoms with Gasteiger partial charge in [-0.15, -0.1) is 0 Å². The molecule has 96 valence electrons. The van der Waals surface area contributed by atoms with Gasteiger partial charge in [0.05, 0.1) is 10.6 Å². The van der Waals surface area contributed by atoms with Crippen molar-refractivity contribution >= 4 is 22.2 Å². The predicted octanol–water partition coefficient (Wildman–Crippen LogP) is -0.937. The van der Waals surface area contributed by atoms with Crippen molar-refractivity contribution in [1.29, 1.82) is 0 Å².